The molecule has 4 heteroatoms. The highest BCUT2D eigenvalue weighted by atomic mass is 16.2. The number of imide groups is 1. The summed E-state index contributed by atoms with van der Waals surface area (Å²) < 4.78 is 0. The van der Waals surface area contributed by atoms with Crippen LogP contribution in [0.5, 0.6) is 0 Å². The van der Waals surface area contributed by atoms with Crippen LogP contribution in [0.1, 0.15) is 46.9 Å². The fourth-order valence-electron chi connectivity index (χ4n) is 3.48. The molecular formula is C19H20N2O2. The largest absolute Gasteiger partial charge is 0.371 e. The second-order valence-electron chi connectivity index (χ2n) is 6.32. The standard InChI is InChI=1S/C19H20N2O2/c1-2-3-12-21-18(22)14-7-4-6-13-16(20-10-5-11-20)9-8-15(17(13)14)19(21)23/h4,6-9H,2-3,5,10-12H2,1H3. The monoisotopic (exact) mass is 308 g/mol. The molecule has 2 aromatic carbocycles. The molecule has 1 fully saturated rings. The Hall–Kier alpha value is -2.36. The SMILES string of the molecule is CCCCN1C(=O)c2cccc3c(N4CCC4)ccc(c23)C1=O. The maximum Gasteiger partial charge on any atom is 0.261 e. The number of carbonyl (C=O) groups is 2. The normalized spacial score (nSPS) is 16.9. The first-order valence-corrected chi connectivity index (χ1v) is 8.39. The number of hydrogen-bond donors (Lipinski definition) is 0. The fourth-order valence-corrected chi connectivity index (χ4v) is 3.48. The molecule has 0 saturated carbocycles. The minimum Gasteiger partial charge on any atom is -0.371 e. The van der Waals surface area contributed by atoms with Gasteiger partial charge in [0, 0.05) is 47.2 Å². The van der Waals surface area contributed by atoms with Crippen LogP contribution < -0.4 is 4.90 Å². The quantitative estimate of drug-likeness (QED) is 0.812. The summed E-state index contributed by atoms with van der Waals surface area (Å²) in [6.07, 6.45) is 3.00. The molecule has 2 aliphatic heterocycles. The molecule has 0 bridgehead atoms. The Morgan fingerprint density at radius 3 is 2.39 bits per heavy atom. The third-order valence-electron chi connectivity index (χ3n) is 4.90. The molecular weight excluding hydrogens is 288 g/mol. The number of rotatable bonds is 4. The van der Waals surface area contributed by atoms with Gasteiger partial charge in [0.2, 0.25) is 0 Å². The first kappa shape index (κ1) is 14.2. The van der Waals surface area contributed by atoms with Gasteiger partial charge in [-0.25, -0.2) is 0 Å². The molecule has 23 heavy (non-hydrogen) atoms. The molecule has 0 aliphatic carbocycles. The number of amides is 2. The van der Waals surface area contributed by atoms with E-state index in [-0.39, 0.29) is 11.8 Å². The van der Waals surface area contributed by atoms with E-state index >= 15 is 0 Å². The van der Waals surface area contributed by atoms with Gasteiger partial charge in [0.15, 0.2) is 0 Å². The first-order chi connectivity index (χ1) is 11.2. The van der Waals surface area contributed by atoms with Crippen molar-refractivity contribution in [1.29, 1.82) is 0 Å². The molecule has 2 aromatic rings. The molecule has 2 heterocycles. The molecule has 0 radical (unpaired) electrons. The van der Waals surface area contributed by atoms with Gasteiger partial charge in [-0.1, -0.05) is 25.5 Å². The zero-order valence-electron chi connectivity index (χ0n) is 13.3. The second kappa shape index (κ2) is 5.37. The summed E-state index contributed by atoms with van der Waals surface area (Å²) in [6, 6.07) is 9.73. The van der Waals surface area contributed by atoms with Crippen molar-refractivity contribution < 1.29 is 9.59 Å². The predicted octanol–water partition coefficient (Wildman–Crippen LogP) is 3.45. The molecule has 0 atom stereocenters. The zero-order chi connectivity index (χ0) is 16.0. The van der Waals surface area contributed by atoms with E-state index in [9.17, 15) is 9.59 Å². The van der Waals surface area contributed by atoms with E-state index in [1.54, 1.807) is 0 Å². The van der Waals surface area contributed by atoms with Crippen molar-refractivity contribution in [3.05, 3.63) is 41.5 Å². The summed E-state index contributed by atoms with van der Waals surface area (Å²) in [5.74, 6) is -0.301. The van der Waals surface area contributed by atoms with Gasteiger partial charge in [-0.2, -0.15) is 0 Å². The maximum atomic E-state index is 12.8. The second-order valence-corrected chi connectivity index (χ2v) is 6.32. The molecule has 0 N–H and O–H groups in total. The van der Waals surface area contributed by atoms with Crippen molar-refractivity contribution in [2.75, 3.05) is 24.5 Å². The molecule has 2 aliphatic rings. The minimum absolute atomic E-state index is 0.151. The van der Waals surface area contributed by atoms with E-state index in [0.717, 1.165) is 42.4 Å². The van der Waals surface area contributed by atoms with Crippen molar-refractivity contribution in [1.82, 2.24) is 4.90 Å². The van der Waals surface area contributed by atoms with Gasteiger partial charge in [-0.15, -0.1) is 0 Å². The molecule has 118 valence electrons. The van der Waals surface area contributed by atoms with Crippen molar-refractivity contribution in [3.63, 3.8) is 0 Å². The number of hydrogen-bond acceptors (Lipinski definition) is 3. The van der Waals surface area contributed by atoms with Gasteiger partial charge in [-0.3, -0.25) is 14.5 Å². The number of carbonyl (C=O) groups excluding carboxylic acids is 2. The number of benzene rings is 2. The highest BCUT2D eigenvalue weighted by molar-refractivity contribution is 6.26. The van der Waals surface area contributed by atoms with E-state index in [2.05, 4.69) is 11.8 Å². The Morgan fingerprint density at radius 2 is 1.74 bits per heavy atom. The predicted molar refractivity (Wildman–Crippen MR) is 91.1 cm³/mol. The van der Waals surface area contributed by atoms with Gasteiger partial charge < -0.3 is 4.90 Å². The van der Waals surface area contributed by atoms with Crippen LogP contribution in [0.3, 0.4) is 0 Å². The average Bonchev–Trinajstić information content (AvgIpc) is 2.52. The van der Waals surface area contributed by atoms with Crippen LogP contribution in [-0.2, 0) is 0 Å². The molecule has 0 unspecified atom stereocenters. The van der Waals surface area contributed by atoms with Crippen molar-refractivity contribution in [3.8, 4) is 0 Å². The van der Waals surface area contributed by atoms with Crippen LogP contribution in [0.25, 0.3) is 10.8 Å². The highest BCUT2D eigenvalue weighted by Gasteiger charge is 2.33. The van der Waals surface area contributed by atoms with Crippen molar-refractivity contribution in [2.24, 2.45) is 0 Å². The summed E-state index contributed by atoms with van der Waals surface area (Å²) in [5.41, 5.74) is 2.46. The maximum absolute atomic E-state index is 12.8. The van der Waals surface area contributed by atoms with E-state index < -0.39 is 0 Å². The Kier molecular flexibility index (Phi) is 3.33. The smallest absolute Gasteiger partial charge is 0.261 e. The van der Waals surface area contributed by atoms with Crippen molar-refractivity contribution in [2.45, 2.75) is 26.2 Å². The molecule has 4 rings (SSSR count). The summed E-state index contributed by atoms with van der Waals surface area (Å²) in [4.78, 5) is 29.3. The van der Waals surface area contributed by atoms with Crippen LogP contribution in [0, 0.1) is 0 Å². The Bertz CT molecular complexity index is 786. The lowest BCUT2D eigenvalue weighted by molar-refractivity contribution is 0.0608. The van der Waals surface area contributed by atoms with Gasteiger partial charge in [0.25, 0.3) is 11.8 Å². The summed E-state index contributed by atoms with van der Waals surface area (Å²) >= 11 is 0. The van der Waals surface area contributed by atoms with Gasteiger partial charge in [0.1, 0.15) is 0 Å². The summed E-state index contributed by atoms with van der Waals surface area (Å²) in [5, 5.41) is 1.86. The minimum atomic E-state index is -0.151. The number of anilines is 1. The topological polar surface area (TPSA) is 40.6 Å². The molecule has 2 amide bonds. The van der Waals surface area contributed by atoms with Crippen LogP contribution in [0.15, 0.2) is 30.3 Å². The first-order valence-electron chi connectivity index (χ1n) is 8.39. The summed E-state index contributed by atoms with van der Waals surface area (Å²) in [6.45, 7) is 4.65. The van der Waals surface area contributed by atoms with Gasteiger partial charge >= 0.3 is 0 Å². The summed E-state index contributed by atoms with van der Waals surface area (Å²) in [7, 11) is 0. The Morgan fingerprint density at radius 1 is 1.00 bits per heavy atom. The molecule has 1 saturated heterocycles. The van der Waals surface area contributed by atoms with Crippen LogP contribution in [-0.4, -0.2) is 36.3 Å². The third-order valence-corrected chi connectivity index (χ3v) is 4.90. The lowest BCUT2D eigenvalue weighted by Gasteiger charge is -2.35. The number of unbranched alkanes of at least 4 members (excludes halogenated alkanes) is 1. The van der Waals surface area contributed by atoms with Crippen LogP contribution in [0.2, 0.25) is 0 Å². The van der Waals surface area contributed by atoms with E-state index in [1.165, 1.54) is 11.3 Å². The number of nitrogens with zero attached hydrogens (tertiary/aromatic N) is 2. The Balaban J connectivity index is 1.89. The molecule has 0 aromatic heterocycles. The van der Waals surface area contributed by atoms with Gasteiger partial charge in [0.05, 0.1) is 0 Å². The zero-order valence-corrected chi connectivity index (χ0v) is 13.3. The Labute approximate surface area is 135 Å². The van der Waals surface area contributed by atoms with E-state index in [4.69, 9.17) is 0 Å². The lowest BCUT2D eigenvalue weighted by Crippen LogP contribution is -2.41. The van der Waals surface area contributed by atoms with Gasteiger partial charge in [-0.05, 0) is 31.0 Å². The fraction of sp³-hybridized carbons (Fsp3) is 0.368. The van der Waals surface area contributed by atoms with E-state index in [0.29, 0.717) is 17.7 Å². The lowest BCUT2D eigenvalue weighted by atomic mass is 9.92. The molecule has 0 spiro atoms. The average molecular weight is 308 g/mol. The van der Waals surface area contributed by atoms with Crippen molar-refractivity contribution >= 4 is 28.3 Å². The third kappa shape index (κ3) is 2.05. The molecule has 4 nitrogen and oxygen atoms in total. The van der Waals surface area contributed by atoms with Crippen LogP contribution >= 0.6 is 0 Å². The highest BCUT2D eigenvalue weighted by Crippen LogP contribution is 2.37. The van der Waals surface area contributed by atoms with Crippen LogP contribution in [0.4, 0.5) is 5.69 Å². The van der Waals surface area contributed by atoms with E-state index in [1.807, 2.05) is 30.3 Å².